The number of ether oxygens (including phenoxy) is 1. The van der Waals surface area contributed by atoms with Crippen LogP contribution >= 0.6 is 11.6 Å². The number of nitrogens with one attached hydrogen (secondary N) is 2. The van der Waals surface area contributed by atoms with Gasteiger partial charge in [0.15, 0.2) is 11.6 Å². The van der Waals surface area contributed by atoms with Crippen molar-refractivity contribution in [2.75, 3.05) is 28.0 Å². The summed E-state index contributed by atoms with van der Waals surface area (Å²) < 4.78 is 20.4. The quantitative estimate of drug-likeness (QED) is 0.295. The Morgan fingerprint density at radius 1 is 1.05 bits per heavy atom. The average molecular weight is 517 g/mol. The van der Waals surface area contributed by atoms with Gasteiger partial charge < -0.3 is 20.3 Å². The van der Waals surface area contributed by atoms with Crippen LogP contribution in [0.5, 0.6) is 11.5 Å². The van der Waals surface area contributed by atoms with Crippen molar-refractivity contribution in [3.8, 4) is 11.5 Å². The lowest BCUT2D eigenvalue weighted by molar-refractivity contribution is -0.116. The predicted octanol–water partition coefficient (Wildman–Crippen LogP) is 5.91. The minimum absolute atomic E-state index is 0.0170. The molecule has 1 saturated carbocycles. The maximum Gasteiger partial charge on any atom is 0.241 e. The van der Waals surface area contributed by atoms with Gasteiger partial charge in [-0.1, -0.05) is 6.07 Å². The molecule has 2 N–H and O–H groups in total. The lowest BCUT2D eigenvalue weighted by Crippen LogP contribution is -2.32. The Balaban J connectivity index is 1.18. The molecule has 1 aliphatic heterocycles. The van der Waals surface area contributed by atoms with Crippen LogP contribution in [0.25, 0.3) is 0 Å². The van der Waals surface area contributed by atoms with Crippen LogP contribution in [0.2, 0.25) is 0 Å². The highest BCUT2D eigenvalue weighted by Crippen LogP contribution is 2.57. The second-order valence-electron chi connectivity index (χ2n) is 9.08. The number of nitrogens with zero attached hydrogens (tertiary/aromatic N) is 4. The maximum absolute atomic E-state index is 14.6. The molecule has 2 aromatic heterocycles. The van der Waals surface area contributed by atoms with Gasteiger partial charge in [-0.25, -0.2) is 9.37 Å². The Morgan fingerprint density at radius 2 is 1.86 bits per heavy atom. The second-order valence-corrected chi connectivity index (χ2v) is 9.35. The molecule has 0 bridgehead atoms. The van der Waals surface area contributed by atoms with Crippen LogP contribution in [0.3, 0.4) is 0 Å². The van der Waals surface area contributed by atoms with Crippen LogP contribution in [-0.2, 0) is 10.2 Å². The van der Waals surface area contributed by atoms with Gasteiger partial charge in [0.1, 0.15) is 17.4 Å². The van der Waals surface area contributed by atoms with Gasteiger partial charge in [-0.15, -0.1) is 11.6 Å². The summed E-state index contributed by atoms with van der Waals surface area (Å²) >= 11 is 5.84. The van der Waals surface area contributed by atoms with E-state index in [4.69, 9.17) is 16.3 Å². The number of alkyl halides is 1. The molecular formula is C27H22ClFN6O2. The monoisotopic (exact) mass is 516 g/mol. The number of pyridine rings is 1. The van der Waals surface area contributed by atoms with Gasteiger partial charge in [0.25, 0.3) is 0 Å². The molecule has 0 radical (unpaired) electrons. The third-order valence-electron chi connectivity index (χ3n) is 6.58. The van der Waals surface area contributed by atoms with Crippen molar-refractivity contribution in [1.82, 2.24) is 15.0 Å². The number of halogens is 2. The number of anilines is 5. The van der Waals surface area contributed by atoms with E-state index in [1.54, 1.807) is 35.5 Å². The van der Waals surface area contributed by atoms with E-state index in [-0.39, 0.29) is 29.0 Å². The van der Waals surface area contributed by atoms with Crippen molar-refractivity contribution in [2.45, 2.75) is 18.3 Å². The van der Waals surface area contributed by atoms with Gasteiger partial charge in [0.05, 0.1) is 12.4 Å². The molecule has 0 saturated heterocycles. The summed E-state index contributed by atoms with van der Waals surface area (Å²) in [6.45, 7) is 0.638. The first kappa shape index (κ1) is 23.2. The van der Waals surface area contributed by atoms with Crippen molar-refractivity contribution in [1.29, 1.82) is 0 Å². The standard InChI is InChI=1S/C27H22ClFN6O2/c28-13-24(36)35-16-27(9-10-27)21-8-5-18(12-23(21)35)32-25-22(29)15-31-26(34-25)33-17-3-6-19(7-4-17)37-20-2-1-11-30-14-20/h1-8,11-12,14-15H,9-10,13,16H2,(H2,31,32,33,34). The first-order valence-corrected chi connectivity index (χ1v) is 12.3. The molecule has 1 aliphatic carbocycles. The summed E-state index contributed by atoms with van der Waals surface area (Å²) in [5.41, 5.74) is 3.31. The zero-order valence-electron chi connectivity index (χ0n) is 19.6. The van der Waals surface area contributed by atoms with Crippen LogP contribution < -0.4 is 20.3 Å². The zero-order valence-corrected chi connectivity index (χ0v) is 20.4. The topological polar surface area (TPSA) is 92.3 Å². The zero-order chi connectivity index (χ0) is 25.4. The minimum Gasteiger partial charge on any atom is -0.456 e. The van der Waals surface area contributed by atoms with Gasteiger partial charge in [0.2, 0.25) is 11.9 Å². The fourth-order valence-electron chi connectivity index (χ4n) is 4.56. The van der Waals surface area contributed by atoms with E-state index >= 15 is 0 Å². The Kier molecular flexibility index (Phi) is 5.84. The van der Waals surface area contributed by atoms with E-state index in [1.807, 2.05) is 36.4 Å². The number of fused-ring (bicyclic) bond motifs is 2. The highest BCUT2D eigenvalue weighted by molar-refractivity contribution is 6.29. The molecule has 1 spiro atoms. The number of carbonyl (C=O) groups is 1. The van der Waals surface area contributed by atoms with Crippen molar-refractivity contribution in [3.63, 3.8) is 0 Å². The van der Waals surface area contributed by atoms with Crippen LogP contribution in [0, 0.1) is 5.82 Å². The number of rotatable bonds is 7. The number of hydrogen-bond donors (Lipinski definition) is 2. The molecule has 1 fully saturated rings. The Morgan fingerprint density at radius 3 is 2.59 bits per heavy atom. The number of benzene rings is 2. The fourth-order valence-corrected chi connectivity index (χ4v) is 4.70. The molecule has 8 nitrogen and oxygen atoms in total. The smallest absolute Gasteiger partial charge is 0.241 e. The molecule has 37 heavy (non-hydrogen) atoms. The number of amides is 1. The Labute approximate surface area is 217 Å². The highest BCUT2D eigenvalue weighted by atomic mass is 35.5. The van der Waals surface area contributed by atoms with Crippen molar-refractivity contribution >= 4 is 46.3 Å². The lowest BCUT2D eigenvalue weighted by Gasteiger charge is -2.17. The summed E-state index contributed by atoms with van der Waals surface area (Å²) in [6, 6.07) is 16.5. The molecule has 6 rings (SSSR count). The van der Waals surface area contributed by atoms with E-state index in [9.17, 15) is 9.18 Å². The average Bonchev–Trinajstić information content (AvgIpc) is 3.63. The first-order chi connectivity index (χ1) is 18.0. The van der Waals surface area contributed by atoms with E-state index in [0.29, 0.717) is 29.4 Å². The van der Waals surface area contributed by atoms with Crippen LogP contribution in [0.15, 0.2) is 73.2 Å². The van der Waals surface area contributed by atoms with Gasteiger partial charge in [0, 0.05) is 35.2 Å². The Bertz CT molecular complexity index is 1460. The minimum atomic E-state index is -0.598. The summed E-state index contributed by atoms with van der Waals surface area (Å²) in [7, 11) is 0. The second kappa shape index (κ2) is 9.33. The van der Waals surface area contributed by atoms with Crippen molar-refractivity contribution in [3.05, 3.63) is 84.6 Å². The van der Waals surface area contributed by atoms with E-state index in [1.165, 1.54) is 0 Å². The van der Waals surface area contributed by atoms with Gasteiger partial charge in [-0.3, -0.25) is 9.78 Å². The molecule has 2 aromatic carbocycles. The number of hydrogen-bond acceptors (Lipinski definition) is 7. The van der Waals surface area contributed by atoms with Crippen molar-refractivity contribution in [2.24, 2.45) is 0 Å². The molecular weight excluding hydrogens is 495 g/mol. The summed E-state index contributed by atoms with van der Waals surface area (Å²) in [6.07, 6.45) is 6.51. The molecule has 2 aliphatic rings. The molecule has 1 amide bonds. The van der Waals surface area contributed by atoms with Crippen LogP contribution in [-0.4, -0.2) is 33.3 Å². The van der Waals surface area contributed by atoms with E-state index < -0.39 is 5.82 Å². The summed E-state index contributed by atoms with van der Waals surface area (Å²) in [4.78, 5) is 26.5. The van der Waals surface area contributed by atoms with Gasteiger partial charge in [-0.05, 0) is 66.9 Å². The third-order valence-corrected chi connectivity index (χ3v) is 6.81. The van der Waals surface area contributed by atoms with Crippen LogP contribution in [0.4, 0.5) is 33.2 Å². The normalized spacial score (nSPS) is 14.8. The SMILES string of the molecule is O=C(CCl)N1CC2(CC2)c2ccc(Nc3nc(Nc4ccc(Oc5cccnc5)cc4)ncc3F)cc21. The molecule has 3 heterocycles. The fraction of sp³-hybridized carbons (Fsp3) is 0.185. The molecule has 4 aromatic rings. The molecule has 186 valence electrons. The van der Waals surface area contributed by atoms with Crippen molar-refractivity contribution < 1.29 is 13.9 Å². The highest BCUT2D eigenvalue weighted by Gasteiger charge is 2.52. The molecule has 0 unspecified atom stereocenters. The maximum atomic E-state index is 14.6. The van der Waals surface area contributed by atoms with E-state index in [0.717, 1.165) is 30.3 Å². The Hall–Kier alpha value is -4.24. The largest absolute Gasteiger partial charge is 0.456 e. The molecule has 10 heteroatoms. The predicted molar refractivity (Wildman–Crippen MR) is 140 cm³/mol. The van der Waals surface area contributed by atoms with Crippen LogP contribution in [0.1, 0.15) is 18.4 Å². The third kappa shape index (κ3) is 4.65. The number of carbonyl (C=O) groups excluding carboxylic acids is 1. The summed E-state index contributed by atoms with van der Waals surface area (Å²) in [5.74, 6) is 0.700. The van der Waals surface area contributed by atoms with E-state index in [2.05, 4.69) is 25.6 Å². The van der Waals surface area contributed by atoms with Gasteiger partial charge in [-0.2, -0.15) is 4.98 Å². The molecule has 0 atom stereocenters. The lowest BCUT2D eigenvalue weighted by atomic mass is 9.98. The first-order valence-electron chi connectivity index (χ1n) is 11.8. The van der Waals surface area contributed by atoms with Gasteiger partial charge >= 0.3 is 0 Å². The number of aromatic nitrogens is 3. The summed E-state index contributed by atoms with van der Waals surface area (Å²) in [5, 5.41) is 6.10.